The van der Waals surface area contributed by atoms with Crippen molar-refractivity contribution in [1.29, 1.82) is 0 Å². The summed E-state index contributed by atoms with van der Waals surface area (Å²) in [5.41, 5.74) is 5.86. The molecule has 1 aliphatic carbocycles. The van der Waals surface area contributed by atoms with Crippen LogP contribution in [0.3, 0.4) is 0 Å². The summed E-state index contributed by atoms with van der Waals surface area (Å²) in [6.07, 6.45) is 5.74. The van der Waals surface area contributed by atoms with Gasteiger partial charge in [-0.2, -0.15) is 0 Å². The minimum Gasteiger partial charge on any atom is -0.394 e. The molecule has 2 unspecified atom stereocenters. The molecule has 3 N–H and O–H groups in total. The highest BCUT2D eigenvalue weighted by Gasteiger charge is 2.38. The summed E-state index contributed by atoms with van der Waals surface area (Å²) in [4.78, 5) is 4.91. The molecule has 0 amide bonds. The van der Waals surface area contributed by atoms with Gasteiger partial charge in [0.1, 0.15) is 0 Å². The third-order valence-corrected chi connectivity index (χ3v) is 4.72. The predicted octanol–water partition coefficient (Wildman–Crippen LogP) is 0.502. The van der Waals surface area contributed by atoms with Crippen LogP contribution in [0.15, 0.2) is 0 Å². The molecular formula is C14H29N3O. The molecule has 4 heteroatoms. The molecule has 1 saturated heterocycles. The lowest BCUT2D eigenvalue weighted by Gasteiger charge is -2.37. The molecule has 1 heterocycles. The Balaban J connectivity index is 1.77. The normalized spacial score (nSPS) is 35.5. The maximum atomic E-state index is 9.33. The summed E-state index contributed by atoms with van der Waals surface area (Å²) in [5, 5.41) is 9.33. The van der Waals surface area contributed by atoms with Crippen LogP contribution in [0.5, 0.6) is 0 Å². The fraction of sp³-hybridized carbons (Fsp3) is 1.00. The Bertz CT molecular complexity index is 264. The molecule has 0 spiro atoms. The number of nitrogens with two attached hydrogens (primary N) is 1. The Labute approximate surface area is 111 Å². The second kappa shape index (κ2) is 5.87. The zero-order valence-corrected chi connectivity index (χ0v) is 11.9. The van der Waals surface area contributed by atoms with Gasteiger partial charge in [-0.3, -0.25) is 0 Å². The van der Waals surface area contributed by atoms with E-state index in [1.54, 1.807) is 0 Å². The van der Waals surface area contributed by atoms with Crippen LogP contribution >= 0.6 is 0 Å². The average Bonchev–Trinajstić information content (AvgIpc) is 2.73. The van der Waals surface area contributed by atoms with Gasteiger partial charge in [0.25, 0.3) is 0 Å². The SMILES string of the molecule is CN(C)CC1CCN(C2CCC(N)(CO)C2)CC1. The van der Waals surface area contributed by atoms with Crippen LogP contribution in [0.1, 0.15) is 32.1 Å². The molecule has 0 bridgehead atoms. The highest BCUT2D eigenvalue weighted by molar-refractivity contribution is 4.97. The van der Waals surface area contributed by atoms with E-state index in [-0.39, 0.29) is 12.1 Å². The molecule has 1 aliphatic heterocycles. The highest BCUT2D eigenvalue weighted by Crippen LogP contribution is 2.33. The predicted molar refractivity (Wildman–Crippen MR) is 74.5 cm³/mol. The average molecular weight is 255 g/mol. The fourth-order valence-corrected chi connectivity index (χ4v) is 3.60. The van der Waals surface area contributed by atoms with Crippen LogP contribution in [0.25, 0.3) is 0 Å². The maximum absolute atomic E-state index is 9.33. The summed E-state index contributed by atoms with van der Waals surface area (Å²) in [7, 11) is 4.32. The smallest absolute Gasteiger partial charge is 0.0611 e. The zero-order chi connectivity index (χ0) is 13.2. The van der Waals surface area contributed by atoms with Gasteiger partial charge < -0.3 is 20.6 Å². The van der Waals surface area contributed by atoms with Crippen molar-refractivity contribution in [1.82, 2.24) is 9.80 Å². The van der Waals surface area contributed by atoms with Crippen LogP contribution in [-0.2, 0) is 0 Å². The van der Waals surface area contributed by atoms with Crippen molar-refractivity contribution in [3.63, 3.8) is 0 Å². The van der Waals surface area contributed by atoms with Gasteiger partial charge >= 0.3 is 0 Å². The van der Waals surface area contributed by atoms with Crippen molar-refractivity contribution >= 4 is 0 Å². The summed E-state index contributed by atoms with van der Waals surface area (Å²) >= 11 is 0. The van der Waals surface area contributed by atoms with Crippen molar-refractivity contribution in [2.75, 3.05) is 40.3 Å². The van der Waals surface area contributed by atoms with Gasteiger partial charge in [-0.1, -0.05) is 0 Å². The van der Waals surface area contributed by atoms with Crippen molar-refractivity contribution in [2.45, 2.75) is 43.7 Å². The summed E-state index contributed by atoms with van der Waals surface area (Å²) < 4.78 is 0. The Morgan fingerprint density at radius 2 is 1.94 bits per heavy atom. The lowest BCUT2D eigenvalue weighted by molar-refractivity contribution is 0.113. The maximum Gasteiger partial charge on any atom is 0.0611 e. The molecular weight excluding hydrogens is 226 g/mol. The Hall–Kier alpha value is -0.160. The summed E-state index contributed by atoms with van der Waals surface area (Å²) in [5.74, 6) is 0.859. The lowest BCUT2D eigenvalue weighted by Crippen LogP contribution is -2.46. The van der Waals surface area contributed by atoms with Crippen molar-refractivity contribution < 1.29 is 5.11 Å². The Kier molecular flexibility index (Phi) is 4.64. The van der Waals surface area contributed by atoms with E-state index in [2.05, 4.69) is 23.9 Å². The molecule has 0 aromatic rings. The fourth-order valence-electron chi connectivity index (χ4n) is 3.60. The third-order valence-electron chi connectivity index (χ3n) is 4.72. The molecule has 106 valence electrons. The number of aliphatic hydroxyl groups is 1. The van der Waals surface area contributed by atoms with Gasteiger partial charge in [0.05, 0.1) is 6.61 Å². The van der Waals surface area contributed by atoms with Crippen LogP contribution in [0.2, 0.25) is 0 Å². The number of rotatable bonds is 4. The molecule has 2 atom stereocenters. The number of nitrogens with zero attached hydrogens (tertiary/aromatic N) is 2. The number of aliphatic hydroxyl groups excluding tert-OH is 1. The highest BCUT2D eigenvalue weighted by atomic mass is 16.3. The Morgan fingerprint density at radius 3 is 2.44 bits per heavy atom. The molecule has 4 nitrogen and oxygen atoms in total. The van der Waals surface area contributed by atoms with Crippen LogP contribution in [-0.4, -0.2) is 66.8 Å². The summed E-state index contributed by atoms with van der Waals surface area (Å²) in [6.45, 7) is 3.78. The van der Waals surface area contributed by atoms with E-state index in [9.17, 15) is 5.11 Å². The summed E-state index contributed by atoms with van der Waals surface area (Å²) in [6, 6.07) is 0.613. The third kappa shape index (κ3) is 3.44. The number of hydrogen-bond acceptors (Lipinski definition) is 4. The Morgan fingerprint density at radius 1 is 1.28 bits per heavy atom. The standard InChI is InChI=1S/C14H29N3O/c1-16(2)10-12-4-7-17(8-5-12)13-3-6-14(15,9-13)11-18/h12-13,18H,3-11,15H2,1-2H3. The van der Waals surface area contributed by atoms with Gasteiger partial charge in [0, 0.05) is 18.1 Å². The molecule has 0 aromatic heterocycles. The van der Waals surface area contributed by atoms with Gasteiger partial charge in [0.15, 0.2) is 0 Å². The van der Waals surface area contributed by atoms with Crippen LogP contribution in [0.4, 0.5) is 0 Å². The van der Waals surface area contributed by atoms with Crippen LogP contribution < -0.4 is 5.73 Å². The quantitative estimate of drug-likeness (QED) is 0.768. The molecule has 2 rings (SSSR count). The minimum atomic E-state index is -0.300. The first kappa shape index (κ1) is 14.3. The molecule has 18 heavy (non-hydrogen) atoms. The van der Waals surface area contributed by atoms with E-state index >= 15 is 0 Å². The molecule has 0 aromatic carbocycles. The largest absolute Gasteiger partial charge is 0.394 e. The van der Waals surface area contributed by atoms with E-state index in [1.807, 2.05) is 0 Å². The van der Waals surface area contributed by atoms with E-state index in [1.165, 1.54) is 32.5 Å². The molecule has 2 aliphatic rings. The van der Waals surface area contributed by atoms with Gasteiger partial charge in [-0.05, 0) is 65.2 Å². The first-order valence-electron chi connectivity index (χ1n) is 7.31. The number of hydrogen-bond donors (Lipinski definition) is 2. The molecule has 1 saturated carbocycles. The van der Waals surface area contributed by atoms with E-state index in [4.69, 9.17) is 5.73 Å². The topological polar surface area (TPSA) is 52.7 Å². The van der Waals surface area contributed by atoms with E-state index in [0.717, 1.165) is 25.2 Å². The molecule has 2 fully saturated rings. The van der Waals surface area contributed by atoms with E-state index in [0.29, 0.717) is 6.04 Å². The van der Waals surface area contributed by atoms with Crippen molar-refractivity contribution in [3.8, 4) is 0 Å². The van der Waals surface area contributed by atoms with Gasteiger partial charge in [-0.25, -0.2) is 0 Å². The number of likely N-dealkylation sites (tertiary alicyclic amines) is 1. The zero-order valence-electron chi connectivity index (χ0n) is 11.9. The second-order valence-corrected chi connectivity index (χ2v) is 6.66. The van der Waals surface area contributed by atoms with Crippen molar-refractivity contribution in [2.24, 2.45) is 11.7 Å². The lowest BCUT2D eigenvalue weighted by atomic mass is 9.94. The first-order valence-corrected chi connectivity index (χ1v) is 7.31. The molecule has 0 radical (unpaired) electrons. The van der Waals surface area contributed by atoms with Crippen LogP contribution in [0, 0.1) is 5.92 Å². The van der Waals surface area contributed by atoms with Gasteiger partial charge in [-0.15, -0.1) is 0 Å². The van der Waals surface area contributed by atoms with E-state index < -0.39 is 0 Å². The van der Waals surface area contributed by atoms with Crippen molar-refractivity contribution in [3.05, 3.63) is 0 Å². The van der Waals surface area contributed by atoms with Gasteiger partial charge in [0.2, 0.25) is 0 Å². The minimum absolute atomic E-state index is 0.139. The first-order chi connectivity index (χ1) is 8.52. The second-order valence-electron chi connectivity index (χ2n) is 6.66. The number of piperidine rings is 1. The monoisotopic (exact) mass is 255 g/mol.